The average Bonchev–Trinajstić information content (AvgIpc) is 2.53. The molecule has 0 aliphatic rings. The smallest absolute Gasteiger partial charge is 0.303 e. The molecular formula is C16H15BrO4S. The third-order valence-corrected chi connectivity index (χ3v) is 6.75. The van der Waals surface area contributed by atoms with Crippen LogP contribution in [0, 0.1) is 0 Å². The maximum Gasteiger partial charge on any atom is 0.303 e. The van der Waals surface area contributed by atoms with Crippen LogP contribution in [0.3, 0.4) is 0 Å². The molecule has 6 heteroatoms. The van der Waals surface area contributed by atoms with Crippen LogP contribution in [-0.4, -0.2) is 18.5 Å². The van der Waals surface area contributed by atoms with E-state index in [1.54, 1.807) is 42.5 Å². The Bertz CT molecular complexity index is 729. The van der Waals surface area contributed by atoms with Gasteiger partial charge in [-0.25, -0.2) is 8.42 Å². The van der Waals surface area contributed by atoms with Gasteiger partial charge in [0.05, 0.1) is 4.90 Å². The van der Waals surface area contributed by atoms with Crippen LogP contribution in [0.1, 0.15) is 18.6 Å². The fourth-order valence-corrected chi connectivity index (χ4v) is 4.39. The SMILES string of the molecule is CC(=O)OC(c1ccccc1)C(Br)S(=O)(=O)c1ccccc1. The summed E-state index contributed by atoms with van der Waals surface area (Å²) in [7, 11) is -3.69. The Morgan fingerprint density at radius 2 is 1.50 bits per heavy atom. The van der Waals surface area contributed by atoms with Crippen molar-refractivity contribution in [3.05, 3.63) is 66.2 Å². The van der Waals surface area contributed by atoms with Crippen molar-refractivity contribution in [1.82, 2.24) is 0 Å². The first-order chi connectivity index (χ1) is 10.4. The molecule has 0 N–H and O–H groups in total. The molecule has 0 heterocycles. The molecule has 0 bridgehead atoms. The van der Waals surface area contributed by atoms with Crippen molar-refractivity contribution in [1.29, 1.82) is 0 Å². The molecule has 0 radical (unpaired) electrons. The topological polar surface area (TPSA) is 60.4 Å². The molecule has 0 saturated carbocycles. The Morgan fingerprint density at radius 3 is 2.00 bits per heavy atom. The Morgan fingerprint density at radius 1 is 1.00 bits per heavy atom. The Balaban J connectivity index is 2.41. The lowest BCUT2D eigenvalue weighted by atomic mass is 10.1. The molecule has 2 atom stereocenters. The number of halogens is 1. The minimum Gasteiger partial charge on any atom is -0.455 e. The highest BCUT2D eigenvalue weighted by atomic mass is 79.9. The molecule has 0 saturated heterocycles. The lowest BCUT2D eigenvalue weighted by molar-refractivity contribution is -0.145. The number of alkyl halides is 1. The Hall–Kier alpha value is -1.66. The lowest BCUT2D eigenvalue weighted by Gasteiger charge is -2.23. The van der Waals surface area contributed by atoms with Crippen LogP contribution in [0.2, 0.25) is 0 Å². The van der Waals surface area contributed by atoms with Crippen molar-refractivity contribution in [3.8, 4) is 0 Å². The van der Waals surface area contributed by atoms with Gasteiger partial charge >= 0.3 is 5.97 Å². The van der Waals surface area contributed by atoms with Gasteiger partial charge in [-0.2, -0.15) is 0 Å². The first kappa shape index (κ1) is 16.7. The number of carbonyl (C=O) groups excluding carboxylic acids is 1. The van der Waals surface area contributed by atoms with Gasteiger partial charge in [-0.15, -0.1) is 0 Å². The van der Waals surface area contributed by atoms with Crippen LogP contribution in [0.4, 0.5) is 0 Å². The highest BCUT2D eigenvalue weighted by Gasteiger charge is 2.35. The van der Waals surface area contributed by atoms with E-state index in [0.29, 0.717) is 5.56 Å². The van der Waals surface area contributed by atoms with Crippen molar-refractivity contribution >= 4 is 31.7 Å². The molecule has 4 nitrogen and oxygen atoms in total. The molecular weight excluding hydrogens is 368 g/mol. The number of carbonyl (C=O) groups is 1. The number of hydrogen-bond donors (Lipinski definition) is 0. The fraction of sp³-hybridized carbons (Fsp3) is 0.188. The zero-order chi connectivity index (χ0) is 16.2. The van der Waals surface area contributed by atoms with Crippen LogP contribution in [0.5, 0.6) is 0 Å². The van der Waals surface area contributed by atoms with Crippen molar-refractivity contribution in [3.63, 3.8) is 0 Å². The van der Waals surface area contributed by atoms with Crippen molar-refractivity contribution in [2.75, 3.05) is 0 Å². The Labute approximate surface area is 138 Å². The number of ether oxygens (including phenoxy) is 1. The summed E-state index contributed by atoms with van der Waals surface area (Å²) in [6, 6.07) is 16.9. The van der Waals surface area contributed by atoms with Gasteiger partial charge in [-0.3, -0.25) is 4.79 Å². The number of rotatable bonds is 5. The second-order valence-corrected chi connectivity index (χ2v) is 8.31. The molecule has 0 amide bonds. The predicted octanol–water partition coefficient (Wildman–Crippen LogP) is 3.49. The van der Waals surface area contributed by atoms with Crippen molar-refractivity contribution in [2.24, 2.45) is 0 Å². The highest BCUT2D eigenvalue weighted by Crippen LogP contribution is 2.34. The highest BCUT2D eigenvalue weighted by molar-refractivity contribution is 9.11. The molecule has 0 aliphatic heterocycles. The first-order valence-electron chi connectivity index (χ1n) is 6.58. The van der Waals surface area contributed by atoms with E-state index in [2.05, 4.69) is 15.9 Å². The third kappa shape index (κ3) is 3.75. The predicted molar refractivity (Wildman–Crippen MR) is 87.3 cm³/mol. The van der Waals surface area contributed by atoms with E-state index < -0.39 is 26.1 Å². The molecule has 2 rings (SSSR count). The van der Waals surface area contributed by atoms with Crippen LogP contribution in [0.25, 0.3) is 0 Å². The summed E-state index contributed by atoms with van der Waals surface area (Å²) in [5.41, 5.74) is 0.610. The molecule has 2 aromatic rings. The number of esters is 1. The molecule has 22 heavy (non-hydrogen) atoms. The number of hydrogen-bond acceptors (Lipinski definition) is 4. The van der Waals surface area contributed by atoms with E-state index in [9.17, 15) is 13.2 Å². The van der Waals surface area contributed by atoms with Gasteiger partial charge in [-0.05, 0) is 17.7 Å². The zero-order valence-corrected chi connectivity index (χ0v) is 14.2. The zero-order valence-electron chi connectivity index (χ0n) is 11.8. The van der Waals surface area contributed by atoms with Crippen molar-refractivity contribution in [2.45, 2.75) is 22.1 Å². The minimum absolute atomic E-state index is 0.171. The van der Waals surface area contributed by atoms with E-state index >= 15 is 0 Å². The maximum absolute atomic E-state index is 12.7. The molecule has 2 unspecified atom stereocenters. The largest absolute Gasteiger partial charge is 0.455 e. The van der Waals surface area contributed by atoms with Crippen molar-refractivity contribution < 1.29 is 17.9 Å². The maximum atomic E-state index is 12.7. The van der Waals surface area contributed by atoms with Gasteiger partial charge in [0, 0.05) is 6.92 Å². The summed E-state index contributed by atoms with van der Waals surface area (Å²) in [4.78, 5) is 11.5. The van der Waals surface area contributed by atoms with Gasteiger partial charge in [0.15, 0.2) is 20.1 Å². The fourth-order valence-electron chi connectivity index (χ4n) is 2.00. The summed E-state index contributed by atoms with van der Waals surface area (Å²) in [5, 5.41) is 0. The van der Waals surface area contributed by atoms with E-state index in [-0.39, 0.29) is 4.90 Å². The molecule has 0 fully saturated rings. The van der Waals surface area contributed by atoms with Crippen LogP contribution in [0.15, 0.2) is 65.6 Å². The summed E-state index contributed by atoms with van der Waals surface area (Å²) in [6.45, 7) is 1.25. The van der Waals surface area contributed by atoms with Crippen LogP contribution in [-0.2, 0) is 19.4 Å². The van der Waals surface area contributed by atoms with Gasteiger partial charge < -0.3 is 4.74 Å². The quantitative estimate of drug-likeness (QED) is 0.586. The monoisotopic (exact) mass is 382 g/mol. The van der Waals surface area contributed by atoms with Gasteiger partial charge in [0.25, 0.3) is 0 Å². The van der Waals surface area contributed by atoms with Gasteiger partial charge in [-0.1, -0.05) is 64.5 Å². The minimum atomic E-state index is -3.69. The van der Waals surface area contributed by atoms with Gasteiger partial charge in [0.2, 0.25) is 0 Å². The van der Waals surface area contributed by atoms with Gasteiger partial charge in [0.1, 0.15) is 0 Å². The second-order valence-electron chi connectivity index (χ2n) is 4.65. The average molecular weight is 383 g/mol. The third-order valence-electron chi connectivity index (χ3n) is 3.03. The van der Waals surface area contributed by atoms with E-state index in [1.807, 2.05) is 6.07 Å². The normalized spacial score (nSPS) is 14.1. The standard InChI is InChI=1S/C16H15BrO4S/c1-12(18)21-15(13-8-4-2-5-9-13)16(17)22(19,20)14-10-6-3-7-11-14/h2-11,15-16H,1H3. The first-order valence-corrected chi connectivity index (χ1v) is 9.04. The molecule has 116 valence electrons. The van der Waals surface area contributed by atoms with Crippen LogP contribution >= 0.6 is 15.9 Å². The second kappa shape index (κ2) is 7.07. The van der Waals surface area contributed by atoms with E-state index in [0.717, 1.165) is 0 Å². The summed E-state index contributed by atoms with van der Waals surface area (Å²) < 4.78 is 29.5. The van der Waals surface area contributed by atoms with E-state index in [1.165, 1.54) is 19.1 Å². The molecule has 2 aromatic carbocycles. The Kier molecular flexibility index (Phi) is 5.37. The number of benzene rings is 2. The summed E-state index contributed by atoms with van der Waals surface area (Å²) in [5.74, 6) is -0.540. The summed E-state index contributed by atoms with van der Waals surface area (Å²) >= 11 is 3.20. The molecule has 0 spiro atoms. The molecule has 0 aliphatic carbocycles. The summed E-state index contributed by atoms with van der Waals surface area (Å²) in [6.07, 6.45) is -0.927. The van der Waals surface area contributed by atoms with E-state index in [4.69, 9.17) is 4.74 Å². The van der Waals surface area contributed by atoms with Crippen LogP contribution < -0.4 is 0 Å². The number of sulfone groups is 1. The molecule has 0 aromatic heterocycles. The lowest BCUT2D eigenvalue weighted by Crippen LogP contribution is -2.26.